The molecule has 2 amide bonds. The number of nitrogens with zero attached hydrogens (tertiary/aromatic N) is 2. The fraction of sp³-hybridized carbons (Fsp3) is 0.355. The molecule has 1 aliphatic rings. The average Bonchev–Trinajstić information content (AvgIpc) is 3.44. The first kappa shape index (κ1) is 31.1. The second-order valence-corrected chi connectivity index (χ2v) is 13.7. The van der Waals surface area contributed by atoms with Crippen LogP contribution >= 0.6 is 27.5 Å². The summed E-state index contributed by atoms with van der Waals surface area (Å²) in [6.07, 6.45) is 5.26. The zero-order valence-corrected chi connectivity index (χ0v) is 26.4. The Balaban J connectivity index is 1.73. The highest BCUT2D eigenvalue weighted by atomic mass is 79.9. The molecule has 1 saturated carbocycles. The Morgan fingerprint density at radius 3 is 2.32 bits per heavy atom. The van der Waals surface area contributed by atoms with Crippen LogP contribution in [0, 0.1) is 6.92 Å². The van der Waals surface area contributed by atoms with Crippen molar-refractivity contribution in [3.8, 4) is 0 Å². The van der Waals surface area contributed by atoms with Crippen molar-refractivity contribution in [1.29, 1.82) is 0 Å². The van der Waals surface area contributed by atoms with Gasteiger partial charge in [-0.2, -0.15) is 0 Å². The fourth-order valence-corrected chi connectivity index (χ4v) is 6.45. The van der Waals surface area contributed by atoms with Gasteiger partial charge in [-0.25, -0.2) is 8.42 Å². The van der Waals surface area contributed by atoms with E-state index in [4.69, 9.17) is 11.6 Å². The number of benzene rings is 3. The molecule has 3 aromatic carbocycles. The van der Waals surface area contributed by atoms with E-state index < -0.39 is 28.5 Å². The molecule has 0 saturated heterocycles. The third-order valence-electron chi connectivity index (χ3n) is 7.32. The van der Waals surface area contributed by atoms with Crippen LogP contribution in [0.5, 0.6) is 0 Å². The number of nitrogens with one attached hydrogen (secondary N) is 1. The number of anilines is 1. The molecule has 4 rings (SSSR count). The van der Waals surface area contributed by atoms with Crippen LogP contribution in [0.3, 0.4) is 0 Å². The maximum Gasteiger partial charge on any atom is 0.244 e. The number of aryl methyl sites for hydroxylation is 1. The quantitative estimate of drug-likeness (QED) is 0.279. The van der Waals surface area contributed by atoms with Crippen molar-refractivity contribution in [2.45, 2.75) is 57.7 Å². The molecule has 0 aliphatic heterocycles. The molecule has 1 fully saturated rings. The molecule has 7 nitrogen and oxygen atoms in total. The van der Waals surface area contributed by atoms with Crippen LogP contribution in [0.15, 0.2) is 77.3 Å². The monoisotopic (exact) mass is 659 g/mol. The number of carbonyl (C=O) groups is 2. The molecule has 1 N–H and O–H groups in total. The first-order valence-corrected chi connectivity index (χ1v) is 16.7. The maximum atomic E-state index is 14.2. The average molecular weight is 661 g/mol. The second kappa shape index (κ2) is 13.9. The Morgan fingerprint density at radius 1 is 1.00 bits per heavy atom. The number of halogens is 2. The molecule has 0 unspecified atom stereocenters. The van der Waals surface area contributed by atoms with E-state index in [1.54, 1.807) is 36.4 Å². The molecule has 1 atom stereocenters. The van der Waals surface area contributed by atoms with E-state index in [-0.39, 0.29) is 24.9 Å². The van der Waals surface area contributed by atoms with Gasteiger partial charge in [-0.3, -0.25) is 13.9 Å². The van der Waals surface area contributed by atoms with Crippen molar-refractivity contribution in [3.05, 3.63) is 99.0 Å². The van der Waals surface area contributed by atoms with Crippen LogP contribution in [0.4, 0.5) is 5.69 Å². The number of hydrogen-bond acceptors (Lipinski definition) is 4. The predicted molar refractivity (Wildman–Crippen MR) is 167 cm³/mol. The molecule has 10 heteroatoms. The van der Waals surface area contributed by atoms with Gasteiger partial charge in [-0.15, -0.1) is 0 Å². The summed E-state index contributed by atoms with van der Waals surface area (Å²) < 4.78 is 27.8. The van der Waals surface area contributed by atoms with Crippen LogP contribution < -0.4 is 9.62 Å². The van der Waals surface area contributed by atoms with Gasteiger partial charge < -0.3 is 10.2 Å². The van der Waals surface area contributed by atoms with Gasteiger partial charge in [0.05, 0.1) is 11.9 Å². The molecule has 41 heavy (non-hydrogen) atoms. The largest absolute Gasteiger partial charge is 0.352 e. The minimum absolute atomic E-state index is 0.0575. The summed E-state index contributed by atoms with van der Waals surface area (Å²) in [5.74, 6) is -0.736. The highest BCUT2D eigenvalue weighted by Gasteiger charge is 2.34. The summed E-state index contributed by atoms with van der Waals surface area (Å²) in [6.45, 7) is 1.49. The molecule has 1 aliphatic carbocycles. The number of amides is 2. The second-order valence-electron chi connectivity index (χ2n) is 10.6. The van der Waals surface area contributed by atoms with Crippen molar-refractivity contribution < 1.29 is 18.0 Å². The van der Waals surface area contributed by atoms with Gasteiger partial charge in [0, 0.05) is 28.5 Å². The lowest BCUT2D eigenvalue weighted by molar-refractivity contribution is -0.140. The lowest BCUT2D eigenvalue weighted by atomic mass is 10.0. The summed E-state index contributed by atoms with van der Waals surface area (Å²) in [7, 11) is -3.83. The van der Waals surface area contributed by atoms with E-state index in [1.165, 1.54) is 4.90 Å². The van der Waals surface area contributed by atoms with Crippen LogP contribution in [-0.4, -0.2) is 50.0 Å². The molecule has 0 heterocycles. The van der Waals surface area contributed by atoms with Gasteiger partial charge in [0.25, 0.3) is 0 Å². The summed E-state index contributed by atoms with van der Waals surface area (Å²) in [5.41, 5.74) is 2.84. The molecule has 0 spiro atoms. The van der Waals surface area contributed by atoms with Crippen molar-refractivity contribution in [1.82, 2.24) is 10.2 Å². The fourth-order valence-electron chi connectivity index (χ4n) is 5.15. The normalized spacial score (nSPS) is 14.4. The van der Waals surface area contributed by atoms with Crippen LogP contribution in [0.25, 0.3) is 0 Å². The van der Waals surface area contributed by atoms with Gasteiger partial charge in [0.1, 0.15) is 12.6 Å². The topological polar surface area (TPSA) is 86.8 Å². The van der Waals surface area contributed by atoms with Crippen LogP contribution in [-0.2, 0) is 32.6 Å². The standard InChI is InChI=1S/C31H35BrClN3O4S/c1-22-17-27(15-16-28(22)32)36(41(2,39)40)21-30(37)35(20-24-11-8-12-25(33)18-24)29(19-23-9-4-3-5-10-23)31(38)34-26-13-6-7-14-26/h3-5,8-12,15-18,26,29H,6-7,13-14,19-21H2,1-2H3,(H,34,38)/t29-/m1/s1. The molecular formula is C31H35BrClN3O4S. The van der Waals surface area contributed by atoms with Gasteiger partial charge in [-0.1, -0.05) is 82.8 Å². The Hall–Kier alpha value is -2.88. The smallest absolute Gasteiger partial charge is 0.244 e. The minimum atomic E-state index is -3.83. The number of sulfonamides is 1. The molecular weight excluding hydrogens is 626 g/mol. The Kier molecular flexibility index (Phi) is 10.5. The summed E-state index contributed by atoms with van der Waals surface area (Å²) in [6, 6.07) is 21.0. The summed E-state index contributed by atoms with van der Waals surface area (Å²) in [5, 5.41) is 3.67. The lowest BCUT2D eigenvalue weighted by Gasteiger charge is -2.34. The zero-order chi connectivity index (χ0) is 29.6. The third kappa shape index (κ3) is 8.56. The molecule has 218 valence electrons. The number of hydrogen-bond donors (Lipinski definition) is 1. The molecule has 0 radical (unpaired) electrons. The number of carbonyl (C=O) groups excluding carboxylic acids is 2. The van der Waals surface area contributed by atoms with Gasteiger partial charge >= 0.3 is 0 Å². The first-order chi connectivity index (χ1) is 19.5. The van der Waals surface area contributed by atoms with Crippen LogP contribution in [0.2, 0.25) is 5.02 Å². The van der Waals surface area contributed by atoms with Crippen molar-refractivity contribution in [2.24, 2.45) is 0 Å². The van der Waals surface area contributed by atoms with E-state index in [9.17, 15) is 18.0 Å². The van der Waals surface area contributed by atoms with E-state index in [0.29, 0.717) is 10.7 Å². The minimum Gasteiger partial charge on any atom is -0.352 e. The number of rotatable bonds is 11. The van der Waals surface area contributed by atoms with Crippen molar-refractivity contribution >= 4 is 55.1 Å². The summed E-state index contributed by atoms with van der Waals surface area (Å²) >= 11 is 9.72. The highest BCUT2D eigenvalue weighted by Crippen LogP contribution is 2.26. The Morgan fingerprint density at radius 2 is 1.68 bits per heavy atom. The molecule has 3 aromatic rings. The summed E-state index contributed by atoms with van der Waals surface area (Å²) in [4.78, 5) is 29.6. The maximum absolute atomic E-state index is 14.2. The van der Waals surface area contributed by atoms with Crippen LogP contribution in [0.1, 0.15) is 42.4 Å². The van der Waals surface area contributed by atoms with Crippen molar-refractivity contribution in [2.75, 3.05) is 17.1 Å². The Bertz CT molecular complexity index is 1480. The van der Waals surface area contributed by atoms with E-state index in [0.717, 1.165) is 57.4 Å². The predicted octanol–water partition coefficient (Wildman–Crippen LogP) is 5.88. The van der Waals surface area contributed by atoms with E-state index >= 15 is 0 Å². The SMILES string of the molecule is Cc1cc(N(CC(=O)N(Cc2cccc(Cl)c2)[C@H](Cc2ccccc2)C(=O)NC2CCCC2)S(C)(=O)=O)ccc1Br. The van der Waals surface area contributed by atoms with Gasteiger partial charge in [-0.05, 0) is 66.8 Å². The van der Waals surface area contributed by atoms with Gasteiger partial charge in [0.2, 0.25) is 21.8 Å². The van der Waals surface area contributed by atoms with Crippen molar-refractivity contribution in [3.63, 3.8) is 0 Å². The van der Waals surface area contributed by atoms with E-state index in [1.807, 2.05) is 43.3 Å². The van der Waals surface area contributed by atoms with E-state index in [2.05, 4.69) is 21.2 Å². The third-order valence-corrected chi connectivity index (χ3v) is 9.59. The van der Waals surface area contributed by atoms with Gasteiger partial charge in [0.15, 0.2) is 0 Å². The first-order valence-electron chi connectivity index (χ1n) is 13.6. The zero-order valence-electron chi connectivity index (χ0n) is 23.2. The lowest BCUT2D eigenvalue weighted by Crippen LogP contribution is -2.54. The Labute approximate surface area is 256 Å². The molecule has 0 bridgehead atoms. The molecule has 0 aromatic heterocycles. The highest BCUT2D eigenvalue weighted by molar-refractivity contribution is 9.10.